The number of benzene rings is 1. The lowest BCUT2D eigenvalue weighted by Crippen LogP contribution is -2.26. The Morgan fingerprint density at radius 3 is 2.87 bits per heavy atom. The van der Waals surface area contributed by atoms with E-state index in [0.29, 0.717) is 24.3 Å². The van der Waals surface area contributed by atoms with Crippen molar-refractivity contribution in [1.29, 1.82) is 0 Å². The molecule has 1 aliphatic rings. The Bertz CT molecular complexity index is 600. The van der Waals surface area contributed by atoms with Crippen molar-refractivity contribution < 1.29 is 19.1 Å². The first-order valence-electron chi connectivity index (χ1n) is 7.83. The van der Waals surface area contributed by atoms with E-state index in [0.717, 1.165) is 12.8 Å². The van der Waals surface area contributed by atoms with Gasteiger partial charge in [0.1, 0.15) is 0 Å². The molecule has 6 nitrogen and oxygen atoms in total. The summed E-state index contributed by atoms with van der Waals surface area (Å²) < 4.78 is 4.71. The summed E-state index contributed by atoms with van der Waals surface area (Å²) in [5, 5.41) is 2.83. The Morgan fingerprint density at radius 1 is 1.39 bits per heavy atom. The van der Waals surface area contributed by atoms with Crippen molar-refractivity contribution in [3.63, 3.8) is 0 Å². The van der Waals surface area contributed by atoms with E-state index in [4.69, 9.17) is 4.74 Å². The zero-order valence-corrected chi connectivity index (χ0v) is 13.5. The highest BCUT2D eigenvalue weighted by Gasteiger charge is 2.35. The standard InChI is InChI=1S/C17H22N2O4/c1-3-4-8-15(20)18-13-6-5-7-14(10-13)19-11-12(9-16(19)21)17(22)23-2/h5-7,10,12H,3-4,8-9,11H2,1-2H3,(H,18,20)/t12-/m1/s1. The molecule has 1 aromatic carbocycles. The van der Waals surface area contributed by atoms with Crippen LogP contribution in [-0.4, -0.2) is 31.4 Å². The smallest absolute Gasteiger partial charge is 0.311 e. The summed E-state index contributed by atoms with van der Waals surface area (Å²) in [6, 6.07) is 7.11. The maximum atomic E-state index is 12.1. The molecule has 2 rings (SSSR count). The summed E-state index contributed by atoms with van der Waals surface area (Å²) in [5.41, 5.74) is 1.33. The molecule has 1 N–H and O–H groups in total. The average molecular weight is 318 g/mol. The minimum Gasteiger partial charge on any atom is -0.469 e. The van der Waals surface area contributed by atoms with Gasteiger partial charge in [0.15, 0.2) is 0 Å². The highest BCUT2D eigenvalue weighted by molar-refractivity contribution is 6.00. The Balaban J connectivity index is 2.06. The number of nitrogens with zero attached hydrogens (tertiary/aromatic N) is 1. The number of hydrogen-bond donors (Lipinski definition) is 1. The van der Waals surface area contributed by atoms with Crippen LogP contribution in [0.15, 0.2) is 24.3 Å². The fourth-order valence-corrected chi connectivity index (χ4v) is 2.59. The summed E-state index contributed by atoms with van der Waals surface area (Å²) in [6.45, 7) is 2.34. The van der Waals surface area contributed by atoms with Crippen molar-refractivity contribution in [1.82, 2.24) is 0 Å². The van der Waals surface area contributed by atoms with Crippen LogP contribution in [0.2, 0.25) is 0 Å². The SMILES string of the molecule is CCCCC(=O)Nc1cccc(N2C[C@H](C(=O)OC)CC2=O)c1. The number of hydrogen-bond acceptors (Lipinski definition) is 4. The van der Waals surface area contributed by atoms with Gasteiger partial charge >= 0.3 is 5.97 Å². The van der Waals surface area contributed by atoms with E-state index in [1.54, 1.807) is 29.2 Å². The van der Waals surface area contributed by atoms with E-state index in [-0.39, 0.29) is 24.2 Å². The minimum atomic E-state index is -0.435. The normalized spacial score (nSPS) is 17.2. The van der Waals surface area contributed by atoms with Crippen molar-refractivity contribution in [3.8, 4) is 0 Å². The fraction of sp³-hybridized carbons (Fsp3) is 0.471. The number of rotatable bonds is 6. The van der Waals surface area contributed by atoms with Gasteiger partial charge in [-0.3, -0.25) is 14.4 Å². The van der Waals surface area contributed by atoms with Crippen LogP contribution < -0.4 is 10.2 Å². The molecule has 0 unspecified atom stereocenters. The maximum Gasteiger partial charge on any atom is 0.311 e. The topological polar surface area (TPSA) is 75.7 Å². The number of esters is 1. The molecule has 6 heteroatoms. The van der Waals surface area contributed by atoms with Crippen molar-refractivity contribution in [3.05, 3.63) is 24.3 Å². The molecule has 1 aromatic rings. The van der Waals surface area contributed by atoms with Gasteiger partial charge in [0.2, 0.25) is 11.8 Å². The highest BCUT2D eigenvalue weighted by atomic mass is 16.5. The zero-order valence-electron chi connectivity index (χ0n) is 13.5. The first-order valence-corrected chi connectivity index (χ1v) is 7.83. The molecular formula is C17H22N2O4. The first kappa shape index (κ1) is 17.0. The molecule has 0 radical (unpaired) electrons. The molecular weight excluding hydrogens is 296 g/mol. The fourth-order valence-electron chi connectivity index (χ4n) is 2.59. The van der Waals surface area contributed by atoms with Crippen molar-refractivity contribution >= 4 is 29.2 Å². The lowest BCUT2D eigenvalue weighted by atomic mass is 10.1. The molecule has 1 atom stereocenters. The van der Waals surface area contributed by atoms with Gasteiger partial charge in [-0.2, -0.15) is 0 Å². The number of ether oxygens (including phenoxy) is 1. The van der Waals surface area contributed by atoms with Crippen molar-refractivity contribution in [2.24, 2.45) is 5.92 Å². The van der Waals surface area contributed by atoms with Crippen LogP contribution in [0.5, 0.6) is 0 Å². The number of methoxy groups -OCH3 is 1. The molecule has 1 heterocycles. The Morgan fingerprint density at radius 2 is 2.17 bits per heavy atom. The number of anilines is 2. The van der Waals surface area contributed by atoms with Gasteiger partial charge in [-0.25, -0.2) is 0 Å². The molecule has 0 saturated carbocycles. The third-order valence-electron chi connectivity index (χ3n) is 3.86. The molecule has 1 saturated heterocycles. The second-order valence-corrected chi connectivity index (χ2v) is 5.63. The van der Waals surface area contributed by atoms with Crippen LogP contribution in [-0.2, 0) is 19.1 Å². The Labute approximate surface area is 135 Å². The molecule has 0 aromatic heterocycles. The van der Waals surface area contributed by atoms with E-state index in [2.05, 4.69) is 5.32 Å². The number of unbranched alkanes of at least 4 members (excludes halogenated alkanes) is 1. The van der Waals surface area contributed by atoms with Crippen molar-refractivity contribution in [2.45, 2.75) is 32.6 Å². The first-order chi connectivity index (χ1) is 11.0. The largest absolute Gasteiger partial charge is 0.469 e. The van der Waals surface area contributed by atoms with Crippen LogP contribution in [0.25, 0.3) is 0 Å². The molecule has 124 valence electrons. The lowest BCUT2D eigenvalue weighted by molar-refractivity contribution is -0.145. The number of nitrogens with one attached hydrogen (secondary N) is 1. The molecule has 23 heavy (non-hydrogen) atoms. The van der Waals surface area contributed by atoms with Crippen LogP contribution in [0, 0.1) is 5.92 Å². The Kier molecular flexibility index (Phi) is 5.73. The highest BCUT2D eigenvalue weighted by Crippen LogP contribution is 2.27. The van der Waals surface area contributed by atoms with E-state index >= 15 is 0 Å². The van der Waals surface area contributed by atoms with Gasteiger partial charge < -0.3 is 15.0 Å². The van der Waals surface area contributed by atoms with E-state index in [1.165, 1.54) is 7.11 Å². The number of carbonyl (C=O) groups is 3. The summed E-state index contributed by atoms with van der Waals surface area (Å²) in [6.07, 6.45) is 2.44. The molecule has 1 fully saturated rings. The Hall–Kier alpha value is -2.37. The van der Waals surface area contributed by atoms with E-state index < -0.39 is 5.92 Å². The second kappa shape index (κ2) is 7.76. The average Bonchev–Trinajstić information content (AvgIpc) is 2.94. The predicted molar refractivity (Wildman–Crippen MR) is 87.1 cm³/mol. The molecule has 0 spiro atoms. The molecule has 2 amide bonds. The molecule has 0 bridgehead atoms. The summed E-state index contributed by atoms with van der Waals surface area (Å²) in [5.74, 6) is -0.959. The van der Waals surface area contributed by atoms with Crippen LogP contribution in [0.3, 0.4) is 0 Å². The van der Waals surface area contributed by atoms with Gasteiger partial charge in [-0.15, -0.1) is 0 Å². The maximum absolute atomic E-state index is 12.1. The second-order valence-electron chi connectivity index (χ2n) is 5.63. The monoisotopic (exact) mass is 318 g/mol. The van der Waals surface area contributed by atoms with Crippen LogP contribution in [0.1, 0.15) is 32.6 Å². The van der Waals surface area contributed by atoms with Gasteiger partial charge in [-0.05, 0) is 24.6 Å². The van der Waals surface area contributed by atoms with Crippen LogP contribution >= 0.6 is 0 Å². The summed E-state index contributed by atoms with van der Waals surface area (Å²) in [7, 11) is 1.32. The quantitative estimate of drug-likeness (QED) is 0.817. The summed E-state index contributed by atoms with van der Waals surface area (Å²) in [4.78, 5) is 37.1. The minimum absolute atomic E-state index is 0.0378. The zero-order chi connectivity index (χ0) is 16.8. The van der Waals surface area contributed by atoms with Gasteiger partial charge in [0.05, 0.1) is 13.0 Å². The molecule has 1 aliphatic heterocycles. The van der Waals surface area contributed by atoms with E-state index in [1.807, 2.05) is 6.92 Å². The van der Waals surface area contributed by atoms with E-state index in [9.17, 15) is 14.4 Å². The summed E-state index contributed by atoms with van der Waals surface area (Å²) >= 11 is 0. The van der Waals surface area contributed by atoms with Crippen LogP contribution in [0.4, 0.5) is 11.4 Å². The predicted octanol–water partition coefficient (Wildman–Crippen LogP) is 2.34. The van der Waals surface area contributed by atoms with Crippen molar-refractivity contribution in [2.75, 3.05) is 23.9 Å². The third kappa shape index (κ3) is 4.31. The van der Waals surface area contributed by atoms with Gasteiger partial charge in [-0.1, -0.05) is 19.4 Å². The number of amides is 2. The lowest BCUT2D eigenvalue weighted by Gasteiger charge is -2.17. The third-order valence-corrected chi connectivity index (χ3v) is 3.86. The molecule has 0 aliphatic carbocycles. The van der Waals surface area contributed by atoms with Gasteiger partial charge in [0, 0.05) is 30.8 Å². The van der Waals surface area contributed by atoms with Gasteiger partial charge in [0.25, 0.3) is 0 Å². The number of carbonyl (C=O) groups excluding carboxylic acids is 3.